The molecule has 0 saturated heterocycles. The van der Waals surface area contributed by atoms with Gasteiger partial charge in [0.25, 0.3) is 0 Å². The van der Waals surface area contributed by atoms with Crippen molar-refractivity contribution in [3.05, 3.63) is 18.3 Å². The van der Waals surface area contributed by atoms with Gasteiger partial charge in [0, 0.05) is 0 Å². The number of aromatic nitrogens is 1. The van der Waals surface area contributed by atoms with E-state index < -0.39 is 0 Å². The van der Waals surface area contributed by atoms with E-state index >= 15 is 0 Å². The van der Waals surface area contributed by atoms with Crippen LogP contribution in [-0.4, -0.2) is 10.1 Å². The second kappa shape index (κ2) is 2.10. The molecule has 0 bridgehead atoms. The lowest BCUT2D eigenvalue weighted by Gasteiger charge is -1.88. The highest BCUT2D eigenvalue weighted by atomic mass is 31.0. The molecule has 0 radical (unpaired) electrons. The van der Waals surface area contributed by atoms with E-state index in [1.807, 2.05) is 0 Å². The summed E-state index contributed by atoms with van der Waals surface area (Å²) >= 11 is 0. The van der Waals surface area contributed by atoms with Crippen molar-refractivity contribution < 1.29 is 5.11 Å². The smallest absolute Gasteiger partial charge is 0.133 e. The summed E-state index contributed by atoms with van der Waals surface area (Å²) in [6, 6.07) is 3.31. The Morgan fingerprint density at radius 3 is 2.62 bits per heavy atom. The largest absolute Gasteiger partial charge is 0.506 e. The Kier molecular flexibility index (Phi) is 1.45. The molecule has 3 heteroatoms. The highest BCUT2D eigenvalue weighted by Crippen LogP contribution is 2.00. The zero-order valence-corrected chi connectivity index (χ0v) is 5.36. The zero-order chi connectivity index (χ0) is 5.98. The number of hydrogen-bond acceptors (Lipinski definition) is 2. The molecule has 1 heterocycles. The van der Waals surface area contributed by atoms with Gasteiger partial charge in [0.15, 0.2) is 0 Å². The predicted molar refractivity (Wildman–Crippen MR) is 35.2 cm³/mol. The van der Waals surface area contributed by atoms with Crippen molar-refractivity contribution in [3.8, 4) is 5.75 Å². The first kappa shape index (κ1) is 5.52. The van der Waals surface area contributed by atoms with E-state index in [0.717, 1.165) is 5.44 Å². The summed E-state index contributed by atoms with van der Waals surface area (Å²) in [5, 5.41) is 8.68. The molecule has 1 aromatic heterocycles. The first-order valence-corrected chi connectivity index (χ1v) is 2.77. The van der Waals surface area contributed by atoms with Gasteiger partial charge in [-0.3, -0.25) is 4.98 Å². The molecule has 0 saturated carbocycles. The van der Waals surface area contributed by atoms with Gasteiger partial charge in [0.1, 0.15) is 5.75 Å². The molecule has 1 N–H and O–H groups in total. The summed E-state index contributed by atoms with van der Waals surface area (Å²) in [4.78, 5) is 3.79. The summed E-state index contributed by atoms with van der Waals surface area (Å²) in [5.74, 6) is 0.205. The molecule has 2 nitrogen and oxygen atoms in total. The first-order chi connectivity index (χ1) is 3.79. The standard InChI is InChI=1S/C5H6NOP/c7-4-1-2-5(8)6-3-4/h1-3,7H,8H2. The maximum Gasteiger partial charge on any atom is 0.133 e. The quantitative estimate of drug-likeness (QED) is 0.508. The monoisotopic (exact) mass is 127 g/mol. The van der Waals surface area contributed by atoms with Crippen LogP contribution in [-0.2, 0) is 0 Å². The van der Waals surface area contributed by atoms with E-state index in [2.05, 4.69) is 14.2 Å². The number of rotatable bonds is 0. The lowest BCUT2D eigenvalue weighted by molar-refractivity contribution is 0.473. The van der Waals surface area contributed by atoms with Crippen LogP contribution in [0.4, 0.5) is 0 Å². The highest BCUT2D eigenvalue weighted by molar-refractivity contribution is 7.26. The molecule has 1 unspecified atom stereocenters. The maximum absolute atomic E-state index is 8.68. The maximum atomic E-state index is 8.68. The van der Waals surface area contributed by atoms with Crippen molar-refractivity contribution in [2.45, 2.75) is 0 Å². The number of aromatic hydroxyl groups is 1. The molecular formula is C5H6NOP. The van der Waals surface area contributed by atoms with E-state index in [9.17, 15) is 0 Å². The Hall–Kier alpha value is -0.620. The zero-order valence-electron chi connectivity index (χ0n) is 4.20. The summed E-state index contributed by atoms with van der Waals surface area (Å²) in [6.07, 6.45) is 1.41. The average Bonchev–Trinajstić information content (AvgIpc) is 1.77. The Labute approximate surface area is 49.8 Å². The molecule has 42 valence electrons. The summed E-state index contributed by atoms with van der Waals surface area (Å²) in [7, 11) is 2.43. The third-order valence-electron chi connectivity index (χ3n) is 0.771. The molecule has 0 aliphatic heterocycles. The lowest BCUT2D eigenvalue weighted by Crippen LogP contribution is -1.92. The Morgan fingerprint density at radius 2 is 2.25 bits per heavy atom. The molecule has 8 heavy (non-hydrogen) atoms. The molecule has 1 aromatic rings. The molecule has 0 aromatic carbocycles. The van der Waals surface area contributed by atoms with E-state index in [4.69, 9.17) is 5.11 Å². The Bertz CT molecular complexity index is 151. The predicted octanol–water partition coefficient (Wildman–Crippen LogP) is 0.288. The van der Waals surface area contributed by atoms with Crippen LogP contribution in [0.3, 0.4) is 0 Å². The van der Waals surface area contributed by atoms with Gasteiger partial charge in [0.2, 0.25) is 0 Å². The van der Waals surface area contributed by atoms with Crippen LogP contribution in [0.2, 0.25) is 0 Å². The fourth-order valence-corrected chi connectivity index (χ4v) is 0.568. The Balaban J connectivity index is 3.03. The SMILES string of the molecule is Oc1ccc(P)nc1. The van der Waals surface area contributed by atoms with Crippen LogP contribution in [0.25, 0.3) is 0 Å². The molecule has 0 fully saturated rings. The van der Waals surface area contributed by atoms with Gasteiger partial charge < -0.3 is 5.11 Å². The van der Waals surface area contributed by atoms with Crippen molar-refractivity contribution in [1.29, 1.82) is 0 Å². The van der Waals surface area contributed by atoms with Crippen LogP contribution in [0.5, 0.6) is 5.75 Å². The van der Waals surface area contributed by atoms with Crippen LogP contribution in [0, 0.1) is 0 Å². The van der Waals surface area contributed by atoms with Gasteiger partial charge in [-0.25, -0.2) is 0 Å². The van der Waals surface area contributed by atoms with Crippen molar-refractivity contribution in [3.63, 3.8) is 0 Å². The van der Waals surface area contributed by atoms with Gasteiger partial charge in [0.05, 0.1) is 11.6 Å². The van der Waals surface area contributed by atoms with Gasteiger partial charge in [-0.15, -0.1) is 0 Å². The minimum atomic E-state index is 0.205. The molecule has 1 atom stereocenters. The topological polar surface area (TPSA) is 33.1 Å². The van der Waals surface area contributed by atoms with Crippen LogP contribution >= 0.6 is 9.24 Å². The molecule has 0 amide bonds. The highest BCUT2D eigenvalue weighted by Gasteiger charge is 1.83. The third-order valence-corrected chi connectivity index (χ3v) is 1.11. The van der Waals surface area contributed by atoms with Crippen LogP contribution in [0.1, 0.15) is 0 Å². The lowest BCUT2D eigenvalue weighted by atomic mass is 10.5. The minimum Gasteiger partial charge on any atom is -0.506 e. The van der Waals surface area contributed by atoms with Gasteiger partial charge >= 0.3 is 0 Å². The number of pyridine rings is 1. The van der Waals surface area contributed by atoms with E-state index in [0.29, 0.717) is 0 Å². The van der Waals surface area contributed by atoms with Crippen LogP contribution in [0.15, 0.2) is 18.3 Å². The fourth-order valence-electron chi connectivity index (χ4n) is 0.397. The molecular weight excluding hydrogens is 121 g/mol. The number of hydrogen-bond donors (Lipinski definition) is 1. The molecule has 1 rings (SSSR count). The van der Waals surface area contributed by atoms with Gasteiger partial charge in [-0.1, -0.05) is 9.24 Å². The van der Waals surface area contributed by atoms with Crippen molar-refractivity contribution >= 4 is 14.7 Å². The normalized spacial score (nSPS) is 9.12. The second-order valence-electron chi connectivity index (χ2n) is 1.44. The Morgan fingerprint density at radius 1 is 1.50 bits per heavy atom. The molecule has 0 aliphatic rings. The fraction of sp³-hybridized carbons (Fsp3) is 0. The van der Waals surface area contributed by atoms with Crippen molar-refractivity contribution in [1.82, 2.24) is 4.98 Å². The molecule has 0 spiro atoms. The van der Waals surface area contributed by atoms with E-state index in [-0.39, 0.29) is 5.75 Å². The summed E-state index contributed by atoms with van der Waals surface area (Å²) in [6.45, 7) is 0. The van der Waals surface area contributed by atoms with Gasteiger partial charge in [-0.05, 0) is 12.1 Å². The number of nitrogens with zero attached hydrogens (tertiary/aromatic N) is 1. The molecule has 0 aliphatic carbocycles. The van der Waals surface area contributed by atoms with Gasteiger partial charge in [-0.2, -0.15) is 0 Å². The summed E-state index contributed by atoms with van der Waals surface area (Å²) in [5.41, 5.74) is 0.836. The van der Waals surface area contributed by atoms with Crippen LogP contribution < -0.4 is 5.44 Å². The third kappa shape index (κ3) is 1.17. The minimum absolute atomic E-state index is 0.205. The van der Waals surface area contributed by atoms with Crippen molar-refractivity contribution in [2.75, 3.05) is 0 Å². The second-order valence-corrected chi connectivity index (χ2v) is 2.03. The first-order valence-electron chi connectivity index (χ1n) is 2.19. The van der Waals surface area contributed by atoms with E-state index in [1.165, 1.54) is 6.20 Å². The van der Waals surface area contributed by atoms with Crippen molar-refractivity contribution in [2.24, 2.45) is 0 Å². The summed E-state index contributed by atoms with van der Waals surface area (Å²) < 4.78 is 0. The van der Waals surface area contributed by atoms with E-state index in [1.54, 1.807) is 12.1 Å². The average molecular weight is 127 g/mol.